The summed E-state index contributed by atoms with van der Waals surface area (Å²) in [5.41, 5.74) is 3.80. The zero-order chi connectivity index (χ0) is 17.6. The van der Waals surface area contributed by atoms with Crippen molar-refractivity contribution in [1.82, 2.24) is 15.1 Å². The average Bonchev–Trinajstić information content (AvgIpc) is 3.17. The summed E-state index contributed by atoms with van der Waals surface area (Å²) in [7, 11) is 1.61. The van der Waals surface area contributed by atoms with E-state index in [0.29, 0.717) is 12.1 Å². The summed E-state index contributed by atoms with van der Waals surface area (Å²) >= 11 is 0. The largest absolute Gasteiger partial charge is 0.496 e. The first-order valence-electron chi connectivity index (χ1n) is 8.19. The van der Waals surface area contributed by atoms with Gasteiger partial charge in [-0.05, 0) is 54.8 Å². The van der Waals surface area contributed by atoms with Crippen molar-refractivity contribution >= 4 is 5.91 Å². The average molecular weight is 335 g/mol. The van der Waals surface area contributed by atoms with Crippen molar-refractivity contribution < 1.29 is 9.53 Å². The van der Waals surface area contributed by atoms with Crippen LogP contribution in [0, 0.1) is 6.92 Å². The topological polar surface area (TPSA) is 56.1 Å². The highest BCUT2D eigenvalue weighted by atomic mass is 16.5. The van der Waals surface area contributed by atoms with E-state index < -0.39 is 0 Å². The molecule has 0 fully saturated rings. The van der Waals surface area contributed by atoms with Gasteiger partial charge in [0.2, 0.25) is 0 Å². The number of aryl methyl sites for hydroxylation is 1. The second kappa shape index (κ2) is 7.66. The molecule has 1 N–H and O–H groups in total. The molecule has 1 heterocycles. The molecule has 128 valence electrons. The number of methoxy groups -OCH3 is 1. The lowest BCUT2D eigenvalue weighted by Gasteiger charge is -2.09. The smallest absolute Gasteiger partial charge is 0.251 e. The molecule has 0 saturated heterocycles. The number of ether oxygens (including phenoxy) is 1. The van der Waals surface area contributed by atoms with Gasteiger partial charge in [-0.1, -0.05) is 18.2 Å². The van der Waals surface area contributed by atoms with E-state index in [2.05, 4.69) is 22.5 Å². The summed E-state index contributed by atoms with van der Waals surface area (Å²) in [5.74, 6) is 0.633. The Hall–Kier alpha value is -3.08. The second-order valence-corrected chi connectivity index (χ2v) is 5.81. The van der Waals surface area contributed by atoms with Crippen LogP contribution in [0.1, 0.15) is 21.5 Å². The molecule has 0 spiro atoms. The van der Waals surface area contributed by atoms with Crippen LogP contribution < -0.4 is 10.1 Å². The summed E-state index contributed by atoms with van der Waals surface area (Å²) in [6, 6.07) is 15.5. The number of carbonyl (C=O) groups excluding carboxylic acids is 1. The Morgan fingerprint density at radius 1 is 1.20 bits per heavy atom. The third kappa shape index (κ3) is 4.07. The third-order valence-corrected chi connectivity index (χ3v) is 4.07. The molecule has 2 aromatic carbocycles. The highest BCUT2D eigenvalue weighted by molar-refractivity contribution is 5.94. The molecule has 0 bridgehead atoms. The van der Waals surface area contributed by atoms with E-state index in [1.54, 1.807) is 19.4 Å². The highest BCUT2D eigenvalue weighted by Gasteiger charge is 2.08. The van der Waals surface area contributed by atoms with Crippen LogP contribution in [0.5, 0.6) is 5.75 Å². The van der Waals surface area contributed by atoms with Gasteiger partial charge in [0.15, 0.2) is 0 Å². The number of hydrogen-bond donors (Lipinski definition) is 1. The van der Waals surface area contributed by atoms with Crippen LogP contribution in [0.25, 0.3) is 5.69 Å². The van der Waals surface area contributed by atoms with E-state index in [-0.39, 0.29) is 5.91 Å². The minimum absolute atomic E-state index is 0.0912. The van der Waals surface area contributed by atoms with Gasteiger partial charge in [-0.25, -0.2) is 4.68 Å². The number of nitrogens with zero attached hydrogens (tertiary/aromatic N) is 2. The fourth-order valence-electron chi connectivity index (χ4n) is 2.62. The number of hydrogen-bond acceptors (Lipinski definition) is 3. The minimum Gasteiger partial charge on any atom is -0.496 e. The summed E-state index contributed by atoms with van der Waals surface area (Å²) in [4.78, 5) is 12.2. The molecule has 5 nitrogen and oxygen atoms in total. The summed E-state index contributed by atoms with van der Waals surface area (Å²) in [6.07, 6.45) is 4.43. The summed E-state index contributed by atoms with van der Waals surface area (Å²) in [5, 5.41) is 7.15. The first-order valence-corrected chi connectivity index (χ1v) is 8.19. The first kappa shape index (κ1) is 16.8. The van der Waals surface area contributed by atoms with E-state index >= 15 is 0 Å². The standard InChI is InChI=1S/C20H21N3O2/c1-15-4-7-17(14-19(15)25-2)20(24)21-12-10-16-5-8-18(9-6-16)23-13-3-11-22-23/h3-9,11,13-14H,10,12H2,1-2H3,(H,21,24). The van der Waals surface area contributed by atoms with Crippen LogP contribution in [-0.4, -0.2) is 29.3 Å². The van der Waals surface area contributed by atoms with Gasteiger partial charge in [0.1, 0.15) is 5.75 Å². The van der Waals surface area contributed by atoms with Crippen molar-refractivity contribution in [2.45, 2.75) is 13.3 Å². The number of aromatic nitrogens is 2. The summed E-state index contributed by atoms with van der Waals surface area (Å²) in [6.45, 7) is 2.53. The first-order chi connectivity index (χ1) is 12.2. The predicted molar refractivity (Wildman–Crippen MR) is 97.3 cm³/mol. The van der Waals surface area contributed by atoms with Crippen LogP contribution in [0.4, 0.5) is 0 Å². The third-order valence-electron chi connectivity index (χ3n) is 4.07. The Labute approximate surface area is 147 Å². The number of nitrogens with one attached hydrogen (secondary N) is 1. The summed E-state index contributed by atoms with van der Waals surface area (Å²) < 4.78 is 7.08. The lowest BCUT2D eigenvalue weighted by Crippen LogP contribution is -2.25. The van der Waals surface area contributed by atoms with Gasteiger partial charge in [0.25, 0.3) is 5.91 Å². The zero-order valence-corrected chi connectivity index (χ0v) is 14.4. The van der Waals surface area contributed by atoms with Gasteiger partial charge in [0.05, 0.1) is 12.8 Å². The molecule has 1 aromatic heterocycles. The Bertz CT molecular complexity index is 840. The van der Waals surface area contributed by atoms with Gasteiger partial charge in [-0.2, -0.15) is 5.10 Å². The van der Waals surface area contributed by atoms with Crippen molar-refractivity contribution in [3.63, 3.8) is 0 Å². The lowest BCUT2D eigenvalue weighted by molar-refractivity contribution is 0.0954. The fourth-order valence-corrected chi connectivity index (χ4v) is 2.62. The number of rotatable bonds is 6. The van der Waals surface area contributed by atoms with Crippen molar-refractivity contribution in [2.24, 2.45) is 0 Å². The zero-order valence-electron chi connectivity index (χ0n) is 14.4. The van der Waals surface area contributed by atoms with Crippen LogP contribution in [0.15, 0.2) is 60.9 Å². The van der Waals surface area contributed by atoms with E-state index in [9.17, 15) is 4.79 Å². The van der Waals surface area contributed by atoms with Crippen molar-refractivity contribution in [3.8, 4) is 11.4 Å². The molecule has 0 atom stereocenters. The van der Waals surface area contributed by atoms with Crippen LogP contribution in [0.2, 0.25) is 0 Å². The molecular weight excluding hydrogens is 314 g/mol. The van der Waals surface area contributed by atoms with Crippen LogP contribution >= 0.6 is 0 Å². The van der Waals surface area contributed by atoms with E-state index in [1.165, 1.54) is 0 Å². The van der Waals surface area contributed by atoms with Gasteiger partial charge in [-0.15, -0.1) is 0 Å². The Balaban J connectivity index is 1.55. The molecule has 0 aliphatic carbocycles. The maximum Gasteiger partial charge on any atom is 0.251 e. The molecular formula is C20H21N3O2. The van der Waals surface area contributed by atoms with Gasteiger partial charge in [0, 0.05) is 24.5 Å². The number of amides is 1. The SMILES string of the molecule is COc1cc(C(=O)NCCc2ccc(-n3cccn3)cc2)ccc1C. The van der Waals surface area contributed by atoms with Gasteiger partial charge in [-0.3, -0.25) is 4.79 Å². The molecule has 0 unspecified atom stereocenters. The lowest BCUT2D eigenvalue weighted by atomic mass is 10.1. The van der Waals surface area contributed by atoms with Crippen LogP contribution in [0.3, 0.4) is 0 Å². The van der Waals surface area contributed by atoms with Crippen molar-refractivity contribution in [2.75, 3.05) is 13.7 Å². The highest BCUT2D eigenvalue weighted by Crippen LogP contribution is 2.18. The van der Waals surface area contributed by atoms with Gasteiger partial charge < -0.3 is 10.1 Å². The molecule has 0 saturated carbocycles. The van der Waals surface area contributed by atoms with Gasteiger partial charge >= 0.3 is 0 Å². The monoisotopic (exact) mass is 335 g/mol. The second-order valence-electron chi connectivity index (χ2n) is 5.81. The normalized spacial score (nSPS) is 10.5. The number of benzene rings is 2. The van der Waals surface area contributed by atoms with E-state index in [4.69, 9.17) is 4.74 Å². The quantitative estimate of drug-likeness (QED) is 0.753. The molecule has 3 aromatic rings. The number of carbonyl (C=O) groups is 1. The Morgan fingerprint density at radius 2 is 2.00 bits per heavy atom. The molecule has 3 rings (SSSR count). The maximum atomic E-state index is 12.2. The minimum atomic E-state index is -0.0912. The molecule has 0 aliphatic rings. The van der Waals surface area contributed by atoms with E-state index in [1.807, 2.05) is 48.1 Å². The van der Waals surface area contributed by atoms with Crippen molar-refractivity contribution in [3.05, 3.63) is 77.6 Å². The molecule has 0 aliphatic heterocycles. The molecule has 5 heteroatoms. The van der Waals surface area contributed by atoms with Crippen LogP contribution in [-0.2, 0) is 6.42 Å². The molecule has 0 radical (unpaired) electrons. The fraction of sp³-hybridized carbons (Fsp3) is 0.200. The van der Waals surface area contributed by atoms with Crippen molar-refractivity contribution in [1.29, 1.82) is 0 Å². The van der Waals surface area contributed by atoms with E-state index in [0.717, 1.165) is 29.0 Å². The predicted octanol–water partition coefficient (Wildman–Crippen LogP) is 3.16. The molecule has 1 amide bonds. The Kier molecular flexibility index (Phi) is 5.14. The Morgan fingerprint density at radius 3 is 2.68 bits per heavy atom. The maximum absolute atomic E-state index is 12.2. The molecule has 25 heavy (non-hydrogen) atoms.